The number of nitrogens with zero attached hydrogens (tertiary/aromatic N) is 2. The lowest BCUT2D eigenvalue weighted by Crippen LogP contribution is -2.25. The molecule has 0 amide bonds. The summed E-state index contributed by atoms with van der Waals surface area (Å²) in [6.07, 6.45) is 2.87. The van der Waals surface area contributed by atoms with Crippen molar-refractivity contribution in [3.05, 3.63) is 48.5 Å². The third kappa shape index (κ3) is 3.57. The van der Waals surface area contributed by atoms with E-state index in [1.807, 2.05) is 0 Å². The van der Waals surface area contributed by atoms with Gasteiger partial charge in [-0.15, -0.1) is 0 Å². The van der Waals surface area contributed by atoms with Crippen LogP contribution < -0.4 is 5.32 Å². The van der Waals surface area contributed by atoms with Crippen molar-refractivity contribution < 1.29 is 9.50 Å². The highest BCUT2D eigenvalue weighted by molar-refractivity contribution is 5.43. The first-order chi connectivity index (χ1) is 8.24. The maximum Gasteiger partial charge on any atom is 0.125 e. The molecule has 0 saturated carbocycles. The summed E-state index contributed by atoms with van der Waals surface area (Å²) in [5.41, 5.74) is 0.657. The highest BCUT2D eigenvalue weighted by atomic mass is 19.1. The van der Waals surface area contributed by atoms with Crippen LogP contribution in [0.4, 0.5) is 10.1 Å². The van der Waals surface area contributed by atoms with Crippen LogP contribution in [0, 0.1) is 5.82 Å². The Morgan fingerprint density at radius 2 is 2.29 bits per heavy atom. The highest BCUT2D eigenvalue weighted by Gasteiger charge is 2.05. The van der Waals surface area contributed by atoms with Crippen molar-refractivity contribution in [1.82, 2.24) is 9.78 Å². The zero-order chi connectivity index (χ0) is 12.1. The van der Waals surface area contributed by atoms with Gasteiger partial charge >= 0.3 is 0 Å². The topological polar surface area (TPSA) is 50.1 Å². The van der Waals surface area contributed by atoms with Crippen LogP contribution in [-0.2, 0) is 6.54 Å². The second-order valence-corrected chi connectivity index (χ2v) is 3.77. The van der Waals surface area contributed by atoms with Gasteiger partial charge in [0.1, 0.15) is 5.82 Å². The molecule has 0 aliphatic carbocycles. The summed E-state index contributed by atoms with van der Waals surface area (Å²) in [5.74, 6) is -0.295. The van der Waals surface area contributed by atoms with E-state index in [-0.39, 0.29) is 5.82 Å². The van der Waals surface area contributed by atoms with Crippen molar-refractivity contribution in [3.8, 4) is 0 Å². The van der Waals surface area contributed by atoms with Crippen LogP contribution in [0.2, 0.25) is 0 Å². The van der Waals surface area contributed by atoms with Gasteiger partial charge in [-0.25, -0.2) is 4.39 Å². The minimum absolute atomic E-state index is 0.295. The van der Waals surface area contributed by atoms with E-state index in [9.17, 15) is 9.50 Å². The Hall–Kier alpha value is -1.88. The molecule has 90 valence electrons. The lowest BCUT2D eigenvalue weighted by Gasteiger charge is -2.12. The molecule has 1 unspecified atom stereocenters. The second kappa shape index (κ2) is 5.45. The summed E-state index contributed by atoms with van der Waals surface area (Å²) in [5, 5.41) is 16.7. The lowest BCUT2D eigenvalue weighted by molar-refractivity contribution is 0.161. The van der Waals surface area contributed by atoms with Gasteiger partial charge < -0.3 is 10.4 Å². The van der Waals surface area contributed by atoms with Gasteiger partial charge in [0.05, 0.1) is 12.6 Å². The van der Waals surface area contributed by atoms with E-state index in [1.54, 1.807) is 35.3 Å². The highest BCUT2D eigenvalue weighted by Crippen LogP contribution is 2.08. The van der Waals surface area contributed by atoms with Crippen molar-refractivity contribution in [1.29, 1.82) is 0 Å². The van der Waals surface area contributed by atoms with Crippen molar-refractivity contribution >= 4 is 5.69 Å². The molecule has 1 aromatic heterocycles. The van der Waals surface area contributed by atoms with Crippen molar-refractivity contribution in [2.24, 2.45) is 0 Å². The van der Waals surface area contributed by atoms with E-state index in [2.05, 4.69) is 10.4 Å². The number of aromatic nitrogens is 2. The van der Waals surface area contributed by atoms with E-state index < -0.39 is 6.10 Å². The van der Waals surface area contributed by atoms with Crippen LogP contribution >= 0.6 is 0 Å². The van der Waals surface area contributed by atoms with Crippen molar-refractivity contribution in [3.63, 3.8) is 0 Å². The Balaban J connectivity index is 1.82. The van der Waals surface area contributed by atoms with E-state index in [4.69, 9.17) is 0 Å². The lowest BCUT2D eigenvalue weighted by atomic mass is 10.3. The van der Waals surface area contributed by atoms with Crippen molar-refractivity contribution in [2.75, 3.05) is 11.9 Å². The molecule has 0 fully saturated rings. The minimum atomic E-state index is -0.571. The first kappa shape index (κ1) is 11.6. The summed E-state index contributed by atoms with van der Waals surface area (Å²) in [7, 11) is 0. The molecule has 5 heteroatoms. The molecule has 1 aromatic carbocycles. The summed E-state index contributed by atoms with van der Waals surface area (Å²) in [6.45, 7) is 0.763. The first-order valence-corrected chi connectivity index (χ1v) is 5.39. The van der Waals surface area contributed by atoms with Gasteiger partial charge in [-0.1, -0.05) is 6.07 Å². The Morgan fingerprint density at radius 1 is 1.41 bits per heavy atom. The van der Waals surface area contributed by atoms with Gasteiger partial charge in [0.25, 0.3) is 0 Å². The number of benzene rings is 1. The molecule has 2 aromatic rings. The Bertz CT molecular complexity index is 459. The average molecular weight is 235 g/mol. The number of aliphatic hydroxyl groups is 1. The van der Waals surface area contributed by atoms with Crippen LogP contribution in [0.5, 0.6) is 0 Å². The van der Waals surface area contributed by atoms with Gasteiger partial charge in [-0.2, -0.15) is 5.10 Å². The molecule has 0 spiro atoms. The molecule has 1 atom stereocenters. The summed E-state index contributed by atoms with van der Waals surface area (Å²) in [6, 6.07) is 7.94. The summed E-state index contributed by atoms with van der Waals surface area (Å²) >= 11 is 0. The van der Waals surface area contributed by atoms with E-state index in [1.165, 1.54) is 12.1 Å². The summed E-state index contributed by atoms with van der Waals surface area (Å²) < 4.78 is 14.5. The average Bonchev–Trinajstić information content (AvgIpc) is 2.79. The standard InChI is InChI=1S/C12H14FN3O/c13-10-3-1-4-11(7-10)14-8-12(17)9-16-6-2-5-15-16/h1-7,12,14,17H,8-9H2. The quantitative estimate of drug-likeness (QED) is 0.825. The molecule has 4 nitrogen and oxygen atoms in total. The molecule has 0 aliphatic rings. The predicted octanol–water partition coefficient (Wildman–Crippen LogP) is 1.50. The van der Waals surface area contributed by atoms with Crippen LogP contribution in [0.15, 0.2) is 42.7 Å². The van der Waals surface area contributed by atoms with Gasteiger partial charge in [0, 0.05) is 24.6 Å². The number of rotatable bonds is 5. The number of anilines is 1. The fourth-order valence-corrected chi connectivity index (χ4v) is 1.52. The molecule has 2 rings (SSSR count). The molecule has 0 aliphatic heterocycles. The first-order valence-electron chi connectivity index (χ1n) is 5.39. The van der Waals surface area contributed by atoms with E-state index in [0.717, 1.165) is 0 Å². The number of nitrogens with one attached hydrogen (secondary N) is 1. The second-order valence-electron chi connectivity index (χ2n) is 3.77. The fraction of sp³-hybridized carbons (Fsp3) is 0.250. The normalized spacial score (nSPS) is 12.4. The Labute approximate surface area is 98.7 Å². The van der Waals surface area contributed by atoms with Crippen LogP contribution in [-0.4, -0.2) is 27.5 Å². The summed E-state index contributed by atoms with van der Waals surface area (Å²) in [4.78, 5) is 0. The molecule has 0 radical (unpaired) electrons. The molecule has 2 N–H and O–H groups in total. The SMILES string of the molecule is OC(CNc1cccc(F)c1)Cn1cccn1. The van der Waals surface area contributed by atoms with Crippen molar-refractivity contribution in [2.45, 2.75) is 12.6 Å². The van der Waals surface area contributed by atoms with E-state index >= 15 is 0 Å². The number of aliphatic hydroxyl groups excluding tert-OH is 1. The molecular weight excluding hydrogens is 221 g/mol. The monoisotopic (exact) mass is 235 g/mol. The van der Waals surface area contributed by atoms with Gasteiger partial charge in [-0.3, -0.25) is 4.68 Å². The number of hydrogen-bond acceptors (Lipinski definition) is 3. The van der Waals surface area contributed by atoms with Gasteiger partial charge in [-0.05, 0) is 24.3 Å². The van der Waals surface area contributed by atoms with Crippen LogP contribution in [0.1, 0.15) is 0 Å². The largest absolute Gasteiger partial charge is 0.389 e. The third-order valence-corrected chi connectivity index (χ3v) is 2.32. The fourth-order valence-electron chi connectivity index (χ4n) is 1.52. The van der Waals surface area contributed by atoms with E-state index in [0.29, 0.717) is 18.8 Å². The van der Waals surface area contributed by atoms with Crippen LogP contribution in [0.3, 0.4) is 0 Å². The maximum absolute atomic E-state index is 12.9. The minimum Gasteiger partial charge on any atom is -0.389 e. The number of hydrogen-bond donors (Lipinski definition) is 2. The zero-order valence-corrected chi connectivity index (χ0v) is 9.25. The smallest absolute Gasteiger partial charge is 0.125 e. The molecule has 1 heterocycles. The molecule has 0 bridgehead atoms. The molecular formula is C12H14FN3O. The Morgan fingerprint density at radius 3 is 3.00 bits per heavy atom. The maximum atomic E-state index is 12.9. The Kier molecular flexibility index (Phi) is 3.72. The number of halogens is 1. The zero-order valence-electron chi connectivity index (χ0n) is 9.25. The van der Waals surface area contributed by atoms with Gasteiger partial charge in [0.15, 0.2) is 0 Å². The van der Waals surface area contributed by atoms with Gasteiger partial charge in [0.2, 0.25) is 0 Å². The molecule has 17 heavy (non-hydrogen) atoms. The third-order valence-electron chi connectivity index (χ3n) is 2.32. The van der Waals surface area contributed by atoms with Crippen LogP contribution in [0.25, 0.3) is 0 Å². The predicted molar refractivity (Wildman–Crippen MR) is 63.1 cm³/mol. The molecule has 0 saturated heterocycles.